The quantitative estimate of drug-likeness (QED) is 0.369. The summed E-state index contributed by atoms with van der Waals surface area (Å²) < 4.78 is 30.0. The highest BCUT2D eigenvalue weighted by Gasteiger charge is 2.34. The maximum absolute atomic E-state index is 13.4. The molecule has 194 valence electrons. The van der Waals surface area contributed by atoms with Crippen molar-refractivity contribution in [1.29, 1.82) is 0 Å². The first-order valence-electron chi connectivity index (χ1n) is 11.4. The molecule has 1 unspecified atom stereocenters. The van der Waals surface area contributed by atoms with Crippen molar-refractivity contribution >= 4 is 38.2 Å². The molecule has 3 rings (SSSR count). The molecule has 2 amide bonds. The smallest absolute Gasteiger partial charge is 0.273 e. The largest absolute Gasteiger partial charge is 0.496 e. The summed E-state index contributed by atoms with van der Waals surface area (Å²) in [5.41, 5.74) is 7.56. The highest BCUT2D eigenvalue weighted by Crippen LogP contribution is 2.26. The molecular formula is C25H33N5O5S. The molecule has 0 fully saturated rings. The summed E-state index contributed by atoms with van der Waals surface area (Å²) in [7, 11) is -1.67. The van der Waals surface area contributed by atoms with Crippen LogP contribution in [0.3, 0.4) is 0 Å². The number of nitrogen functional groups attached to an aromatic ring is 1. The zero-order valence-corrected chi connectivity index (χ0v) is 22.0. The van der Waals surface area contributed by atoms with Crippen molar-refractivity contribution < 1.29 is 22.7 Å². The number of nitrogens with two attached hydrogens (primary N) is 1. The van der Waals surface area contributed by atoms with Gasteiger partial charge in [0.05, 0.1) is 24.9 Å². The van der Waals surface area contributed by atoms with Crippen molar-refractivity contribution in [2.45, 2.75) is 33.4 Å². The maximum Gasteiger partial charge on any atom is 0.273 e. The molecule has 1 heterocycles. The Morgan fingerprint density at radius 1 is 1.17 bits per heavy atom. The molecule has 0 aliphatic rings. The number of sulfone groups is 1. The number of aromatic nitrogens is 2. The molecule has 0 aliphatic carbocycles. The molecule has 0 radical (unpaired) electrons. The molecule has 2 aromatic carbocycles. The van der Waals surface area contributed by atoms with E-state index in [9.17, 15) is 18.0 Å². The molecule has 4 N–H and O–H groups in total. The Kier molecular flexibility index (Phi) is 7.92. The number of para-hydroxylation sites is 1. The molecule has 0 saturated carbocycles. The van der Waals surface area contributed by atoms with Crippen LogP contribution in [0.1, 0.15) is 36.8 Å². The SMILES string of the molecule is COc1cc(N)ccc1Cn1nc(C(=O)NC(C(=O)NCCS(C)(=O)=O)C(C)(C)C)c2ccccc21. The van der Waals surface area contributed by atoms with Crippen molar-refractivity contribution in [3.05, 3.63) is 53.7 Å². The van der Waals surface area contributed by atoms with Crippen LogP contribution in [0.4, 0.5) is 5.69 Å². The second kappa shape index (κ2) is 10.6. The number of ether oxygens (including phenoxy) is 1. The second-order valence-corrected chi connectivity index (χ2v) is 12.0. The monoisotopic (exact) mass is 515 g/mol. The van der Waals surface area contributed by atoms with Crippen LogP contribution in [-0.4, -0.2) is 61.7 Å². The third kappa shape index (κ3) is 6.54. The fourth-order valence-electron chi connectivity index (χ4n) is 3.81. The Bertz CT molecular complexity index is 1380. The van der Waals surface area contributed by atoms with Gasteiger partial charge in [-0.15, -0.1) is 0 Å². The summed E-state index contributed by atoms with van der Waals surface area (Å²) in [5.74, 6) is -0.547. The predicted molar refractivity (Wildman–Crippen MR) is 140 cm³/mol. The Balaban J connectivity index is 1.90. The van der Waals surface area contributed by atoms with Crippen molar-refractivity contribution in [2.24, 2.45) is 5.41 Å². The number of fused-ring (bicyclic) bond motifs is 1. The summed E-state index contributed by atoms with van der Waals surface area (Å²) in [4.78, 5) is 26.3. The average Bonchev–Trinajstić information content (AvgIpc) is 3.15. The zero-order chi connectivity index (χ0) is 26.7. The Labute approximate surface area is 211 Å². The van der Waals surface area contributed by atoms with Crippen molar-refractivity contribution in [3.8, 4) is 5.75 Å². The van der Waals surface area contributed by atoms with Gasteiger partial charge in [0.1, 0.15) is 21.6 Å². The van der Waals surface area contributed by atoms with Crippen LogP contribution in [0.5, 0.6) is 5.75 Å². The van der Waals surface area contributed by atoms with E-state index in [0.717, 1.165) is 17.3 Å². The molecule has 36 heavy (non-hydrogen) atoms. The molecule has 11 heteroatoms. The first-order chi connectivity index (χ1) is 16.8. The Hall–Kier alpha value is -3.60. The summed E-state index contributed by atoms with van der Waals surface area (Å²) in [6.07, 6.45) is 1.10. The lowest BCUT2D eigenvalue weighted by Gasteiger charge is -2.30. The Morgan fingerprint density at radius 2 is 1.86 bits per heavy atom. The van der Waals surface area contributed by atoms with Crippen molar-refractivity contribution in [3.63, 3.8) is 0 Å². The fourth-order valence-corrected chi connectivity index (χ4v) is 4.28. The number of hydrogen-bond donors (Lipinski definition) is 3. The van der Waals surface area contributed by atoms with Crippen LogP contribution in [0, 0.1) is 5.41 Å². The van der Waals surface area contributed by atoms with Gasteiger partial charge in [0.15, 0.2) is 5.69 Å². The topological polar surface area (TPSA) is 145 Å². The van der Waals surface area contributed by atoms with Crippen LogP contribution >= 0.6 is 0 Å². The third-order valence-corrected chi connectivity index (χ3v) is 6.63. The highest BCUT2D eigenvalue weighted by atomic mass is 32.2. The van der Waals surface area contributed by atoms with Crippen LogP contribution in [-0.2, 0) is 21.2 Å². The highest BCUT2D eigenvalue weighted by molar-refractivity contribution is 7.90. The van der Waals surface area contributed by atoms with Gasteiger partial charge in [0.2, 0.25) is 5.91 Å². The molecule has 0 saturated heterocycles. The summed E-state index contributed by atoms with van der Waals surface area (Å²) >= 11 is 0. The molecular weight excluding hydrogens is 482 g/mol. The molecule has 10 nitrogen and oxygen atoms in total. The van der Waals surface area contributed by atoms with Crippen LogP contribution in [0.25, 0.3) is 10.9 Å². The van der Waals surface area contributed by atoms with Gasteiger partial charge in [-0.25, -0.2) is 8.42 Å². The summed E-state index contributed by atoms with van der Waals surface area (Å²) in [6.45, 7) is 5.75. The normalized spacial score (nSPS) is 12.8. The van der Waals surface area contributed by atoms with E-state index in [1.807, 2.05) is 45.0 Å². The summed E-state index contributed by atoms with van der Waals surface area (Å²) in [5, 5.41) is 10.6. The second-order valence-electron chi connectivity index (χ2n) is 9.79. The number of carbonyl (C=O) groups is 2. The van der Waals surface area contributed by atoms with E-state index >= 15 is 0 Å². The van der Waals surface area contributed by atoms with Gasteiger partial charge in [0.25, 0.3) is 5.91 Å². The van der Waals surface area contributed by atoms with Crippen molar-refractivity contribution in [1.82, 2.24) is 20.4 Å². The number of nitrogens with one attached hydrogen (secondary N) is 2. The molecule has 0 spiro atoms. The number of rotatable bonds is 9. The van der Waals surface area contributed by atoms with Gasteiger partial charge in [-0.05, 0) is 17.5 Å². The van der Waals surface area contributed by atoms with E-state index in [2.05, 4.69) is 15.7 Å². The average molecular weight is 516 g/mol. The lowest BCUT2D eigenvalue weighted by molar-refractivity contribution is -0.125. The van der Waals surface area contributed by atoms with Gasteiger partial charge in [-0.1, -0.05) is 45.0 Å². The number of hydrogen-bond acceptors (Lipinski definition) is 7. The lowest BCUT2D eigenvalue weighted by atomic mass is 9.86. The number of carbonyl (C=O) groups excluding carboxylic acids is 2. The standard InChI is InChI=1S/C25H33N5O5S/c1-25(2,3)22(24(32)27-12-13-36(5,33)34)28-23(31)21-18-8-6-7-9-19(18)30(29-21)15-16-10-11-17(26)14-20(16)35-4/h6-11,14,22H,12-13,15,26H2,1-5H3,(H,27,32)(H,28,31). The third-order valence-electron chi connectivity index (χ3n) is 5.68. The molecule has 1 aromatic heterocycles. The molecule has 0 bridgehead atoms. The van der Waals surface area contributed by atoms with E-state index < -0.39 is 33.1 Å². The van der Waals surface area contributed by atoms with Gasteiger partial charge in [-0.2, -0.15) is 5.10 Å². The van der Waals surface area contributed by atoms with E-state index in [4.69, 9.17) is 10.5 Å². The number of amides is 2. The summed E-state index contributed by atoms with van der Waals surface area (Å²) in [6, 6.07) is 11.8. The lowest BCUT2D eigenvalue weighted by Crippen LogP contribution is -2.54. The van der Waals surface area contributed by atoms with Gasteiger partial charge in [0, 0.05) is 35.5 Å². The Morgan fingerprint density at radius 3 is 2.50 bits per heavy atom. The van der Waals surface area contributed by atoms with Crippen LogP contribution in [0.15, 0.2) is 42.5 Å². The van der Waals surface area contributed by atoms with E-state index in [0.29, 0.717) is 23.4 Å². The number of methoxy groups -OCH3 is 1. The molecule has 0 aliphatic heterocycles. The van der Waals surface area contributed by atoms with Gasteiger partial charge >= 0.3 is 0 Å². The zero-order valence-electron chi connectivity index (χ0n) is 21.2. The van der Waals surface area contributed by atoms with E-state index in [1.54, 1.807) is 30.0 Å². The van der Waals surface area contributed by atoms with Crippen LogP contribution in [0.2, 0.25) is 0 Å². The number of anilines is 1. The maximum atomic E-state index is 13.4. The van der Waals surface area contributed by atoms with Gasteiger partial charge in [-0.3, -0.25) is 14.3 Å². The van der Waals surface area contributed by atoms with E-state index in [-0.39, 0.29) is 18.0 Å². The minimum Gasteiger partial charge on any atom is -0.496 e. The first kappa shape index (κ1) is 27.0. The van der Waals surface area contributed by atoms with Crippen molar-refractivity contribution in [2.75, 3.05) is 31.4 Å². The van der Waals surface area contributed by atoms with Crippen LogP contribution < -0.4 is 21.1 Å². The first-order valence-corrected chi connectivity index (χ1v) is 13.5. The minimum atomic E-state index is -3.23. The van der Waals surface area contributed by atoms with E-state index in [1.165, 1.54) is 0 Å². The predicted octanol–water partition coefficient (Wildman–Crippen LogP) is 1.98. The molecule has 1 atom stereocenters. The number of nitrogens with zero attached hydrogens (tertiary/aromatic N) is 2. The van der Waals surface area contributed by atoms with Gasteiger partial charge < -0.3 is 21.1 Å². The number of benzene rings is 2. The molecule has 3 aromatic rings. The minimum absolute atomic E-state index is 0.0406. The fraction of sp³-hybridized carbons (Fsp3) is 0.400.